The van der Waals surface area contributed by atoms with Crippen molar-refractivity contribution in [2.75, 3.05) is 31.6 Å². The largest absolute Gasteiger partial charge is 0.486 e. The van der Waals surface area contributed by atoms with Crippen LogP contribution in [-0.4, -0.2) is 43.1 Å². The molecule has 0 aromatic heterocycles. The van der Waals surface area contributed by atoms with E-state index in [2.05, 4.69) is 5.32 Å². The molecule has 3 N–H and O–H groups in total. The number of amides is 3. The summed E-state index contributed by atoms with van der Waals surface area (Å²) in [6, 6.07) is 5.17. The second kappa shape index (κ2) is 7.21. The third-order valence-electron chi connectivity index (χ3n) is 5.05. The predicted octanol–water partition coefficient (Wildman–Crippen LogP) is 2.36. The maximum atomic E-state index is 12.5. The number of hydrogen-bond acceptors (Lipinski definition) is 4. The first kappa shape index (κ1) is 17.4. The standard InChI is InChI=1S/C18H25N3O4/c1-2-5-18(16(19)22)6-8-21(9-7-18)17(23)20-13-3-4-14-15(12-13)25-11-10-24-14/h3-4,12H,2,5-11H2,1H3,(H2,19,22)(H,20,23). The van der Waals surface area contributed by atoms with Gasteiger partial charge in [0.1, 0.15) is 13.2 Å². The maximum Gasteiger partial charge on any atom is 0.321 e. The number of anilines is 1. The lowest BCUT2D eigenvalue weighted by atomic mass is 9.74. The molecular formula is C18H25N3O4. The number of nitrogens with two attached hydrogens (primary N) is 1. The van der Waals surface area contributed by atoms with E-state index in [1.807, 2.05) is 6.92 Å². The summed E-state index contributed by atoms with van der Waals surface area (Å²) in [5.41, 5.74) is 5.81. The first-order chi connectivity index (χ1) is 12.0. The summed E-state index contributed by atoms with van der Waals surface area (Å²) >= 11 is 0. The van der Waals surface area contributed by atoms with Crippen LogP contribution in [0.5, 0.6) is 11.5 Å². The zero-order valence-corrected chi connectivity index (χ0v) is 14.5. The van der Waals surface area contributed by atoms with Gasteiger partial charge in [0.25, 0.3) is 0 Å². The highest BCUT2D eigenvalue weighted by atomic mass is 16.6. The number of fused-ring (bicyclic) bond motifs is 1. The van der Waals surface area contributed by atoms with Crippen molar-refractivity contribution in [1.29, 1.82) is 0 Å². The van der Waals surface area contributed by atoms with Gasteiger partial charge in [-0.1, -0.05) is 13.3 Å². The predicted molar refractivity (Wildman–Crippen MR) is 93.8 cm³/mol. The Labute approximate surface area is 147 Å². The van der Waals surface area contributed by atoms with Crippen molar-refractivity contribution in [2.24, 2.45) is 11.1 Å². The Balaban J connectivity index is 1.60. The number of nitrogens with one attached hydrogen (secondary N) is 1. The Morgan fingerprint density at radius 2 is 1.88 bits per heavy atom. The first-order valence-corrected chi connectivity index (χ1v) is 8.79. The Morgan fingerprint density at radius 1 is 1.20 bits per heavy atom. The molecule has 2 aliphatic rings. The lowest BCUT2D eigenvalue weighted by molar-refractivity contribution is -0.130. The van der Waals surface area contributed by atoms with E-state index in [1.165, 1.54) is 0 Å². The van der Waals surface area contributed by atoms with Crippen molar-refractivity contribution in [3.63, 3.8) is 0 Å². The molecule has 2 heterocycles. The van der Waals surface area contributed by atoms with Gasteiger partial charge in [0, 0.05) is 24.8 Å². The average Bonchev–Trinajstić information content (AvgIpc) is 2.62. The minimum absolute atomic E-state index is 0.175. The molecule has 7 nitrogen and oxygen atoms in total. The molecule has 0 unspecified atom stereocenters. The van der Waals surface area contributed by atoms with E-state index in [9.17, 15) is 9.59 Å². The molecule has 2 aliphatic heterocycles. The van der Waals surface area contributed by atoms with Crippen LogP contribution in [-0.2, 0) is 4.79 Å². The number of urea groups is 1. The fourth-order valence-electron chi connectivity index (χ4n) is 3.56. The fourth-order valence-corrected chi connectivity index (χ4v) is 3.56. The summed E-state index contributed by atoms with van der Waals surface area (Å²) in [5.74, 6) is 1.08. The molecule has 1 fully saturated rings. The van der Waals surface area contributed by atoms with Crippen molar-refractivity contribution >= 4 is 17.6 Å². The highest BCUT2D eigenvalue weighted by Crippen LogP contribution is 2.36. The molecular weight excluding hydrogens is 322 g/mol. The molecule has 3 amide bonds. The van der Waals surface area contributed by atoms with E-state index in [4.69, 9.17) is 15.2 Å². The molecule has 1 aromatic carbocycles. The number of piperidine rings is 1. The molecule has 1 aromatic rings. The second-order valence-corrected chi connectivity index (χ2v) is 6.67. The minimum Gasteiger partial charge on any atom is -0.486 e. The van der Waals surface area contributed by atoms with Crippen molar-refractivity contribution in [1.82, 2.24) is 4.90 Å². The molecule has 1 saturated heterocycles. The third-order valence-corrected chi connectivity index (χ3v) is 5.05. The van der Waals surface area contributed by atoms with E-state index in [-0.39, 0.29) is 11.9 Å². The molecule has 0 atom stereocenters. The quantitative estimate of drug-likeness (QED) is 0.874. The molecule has 7 heteroatoms. The van der Waals surface area contributed by atoms with E-state index in [0.717, 1.165) is 12.8 Å². The Morgan fingerprint density at radius 3 is 2.52 bits per heavy atom. The van der Waals surface area contributed by atoms with Crippen LogP contribution in [0.3, 0.4) is 0 Å². The van der Waals surface area contributed by atoms with Gasteiger partial charge in [0.05, 0.1) is 5.41 Å². The topological polar surface area (TPSA) is 93.9 Å². The second-order valence-electron chi connectivity index (χ2n) is 6.67. The summed E-state index contributed by atoms with van der Waals surface area (Å²) in [5, 5.41) is 2.89. The Kier molecular flexibility index (Phi) is 5.01. The number of primary amides is 1. The van der Waals surface area contributed by atoms with Crippen molar-refractivity contribution < 1.29 is 19.1 Å². The number of rotatable bonds is 4. The number of nitrogens with zero attached hydrogens (tertiary/aromatic N) is 1. The van der Waals surface area contributed by atoms with Crippen LogP contribution in [0.4, 0.5) is 10.5 Å². The van der Waals surface area contributed by atoms with Gasteiger partial charge in [-0.25, -0.2) is 4.79 Å². The van der Waals surface area contributed by atoms with Gasteiger partial charge in [-0.15, -0.1) is 0 Å². The lowest BCUT2D eigenvalue weighted by Gasteiger charge is -2.39. The number of benzene rings is 1. The third kappa shape index (κ3) is 3.65. The SMILES string of the molecule is CCCC1(C(N)=O)CCN(C(=O)Nc2ccc3c(c2)OCCO3)CC1. The molecule has 0 bridgehead atoms. The zero-order chi connectivity index (χ0) is 17.9. The highest BCUT2D eigenvalue weighted by Gasteiger charge is 2.40. The summed E-state index contributed by atoms with van der Waals surface area (Å²) in [6.07, 6.45) is 2.92. The number of hydrogen-bond donors (Lipinski definition) is 2. The van der Waals surface area contributed by atoms with Crippen LogP contribution in [0.25, 0.3) is 0 Å². The maximum absolute atomic E-state index is 12.5. The molecule has 0 aliphatic carbocycles. The van der Waals surface area contributed by atoms with Gasteiger partial charge in [-0.2, -0.15) is 0 Å². The summed E-state index contributed by atoms with van der Waals surface area (Å²) in [4.78, 5) is 26.1. The zero-order valence-electron chi connectivity index (χ0n) is 14.5. The van der Waals surface area contributed by atoms with Gasteiger partial charge in [0.2, 0.25) is 5.91 Å². The van der Waals surface area contributed by atoms with E-state index < -0.39 is 5.41 Å². The summed E-state index contributed by atoms with van der Waals surface area (Å²) in [7, 11) is 0. The van der Waals surface area contributed by atoms with Crippen LogP contribution in [0.2, 0.25) is 0 Å². The van der Waals surface area contributed by atoms with Gasteiger partial charge >= 0.3 is 6.03 Å². The van der Waals surface area contributed by atoms with Crippen molar-refractivity contribution in [2.45, 2.75) is 32.6 Å². The van der Waals surface area contributed by atoms with Crippen LogP contribution >= 0.6 is 0 Å². The lowest BCUT2D eigenvalue weighted by Crippen LogP contribution is -2.49. The van der Waals surface area contributed by atoms with Crippen LogP contribution in [0, 0.1) is 5.41 Å². The smallest absolute Gasteiger partial charge is 0.321 e. The van der Waals surface area contributed by atoms with Crippen molar-refractivity contribution in [3.8, 4) is 11.5 Å². The summed E-state index contributed by atoms with van der Waals surface area (Å²) in [6.45, 7) is 4.14. The molecule has 0 saturated carbocycles. The number of carbonyl (C=O) groups excluding carboxylic acids is 2. The number of ether oxygens (including phenoxy) is 2. The Bertz CT molecular complexity index is 654. The van der Waals surface area contributed by atoms with Gasteiger partial charge in [-0.05, 0) is 31.4 Å². The minimum atomic E-state index is -0.470. The molecule has 25 heavy (non-hydrogen) atoms. The monoisotopic (exact) mass is 347 g/mol. The van der Waals surface area contributed by atoms with Gasteiger partial charge in [0.15, 0.2) is 11.5 Å². The van der Waals surface area contributed by atoms with Gasteiger partial charge in [-0.3, -0.25) is 4.79 Å². The first-order valence-electron chi connectivity index (χ1n) is 8.79. The number of likely N-dealkylation sites (tertiary alicyclic amines) is 1. The van der Waals surface area contributed by atoms with Crippen LogP contribution in [0.1, 0.15) is 32.6 Å². The van der Waals surface area contributed by atoms with E-state index >= 15 is 0 Å². The molecule has 3 rings (SSSR count). The van der Waals surface area contributed by atoms with Crippen LogP contribution < -0.4 is 20.5 Å². The molecule has 136 valence electrons. The van der Waals surface area contributed by atoms with E-state index in [0.29, 0.717) is 56.3 Å². The normalized spacial score (nSPS) is 18.5. The van der Waals surface area contributed by atoms with E-state index in [1.54, 1.807) is 23.1 Å². The fraction of sp³-hybridized carbons (Fsp3) is 0.556. The van der Waals surface area contributed by atoms with Crippen molar-refractivity contribution in [3.05, 3.63) is 18.2 Å². The molecule has 0 radical (unpaired) electrons. The number of carbonyl (C=O) groups is 2. The Hall–Kier alpha value is -2.44. The average molecular weight is 347 g/mol. The highest BCUT2D eigenvalue weighted by molar-refractivity contribution is 5.90. The van der Waals surface area contributed by atoms with Gasteiger partial charge < -0.3 is 25.4 Å². The molecule has 0 spiro atoms. The van der Waals surface area contributed by atoms with Crippen LogP contribution in [0.15, 0.2) is 18.2 Å². The summed E-state index contributed by atoms with van der Waals surface area (Å²) < 4.78 is 11.0.